The minimum absolute atomic E-state index is 0.496. The first kappa shape index (κ1) is 18.2. The van der Waals surface area contributed by atoms with Crippen LogP contribution in [0, 0.1) is 0 Å². The minimum atomic E-state index is 0.496. The molecule has 2 saturated heterocycles. The number of nitrogens with one attached hydrogen (secondary N) is 2. The summed E-state index contributed by atoms with van der Waals surface area (Å²) in [5.74, 6) is 2.61. The Morgan fingerprint density at radius 3 is 2.76 bits per heavy atom. The predicted molar refractivity (Wildman–Crippen MR) is 101 cm³/mol. The Morgan fingerprint density at radius 2 is 2.08 bits per heavy atom. The predicted octanol–water partition coefficient (Wildman–Crippen LogP) is 1.82. The minimum Gasteiger partial charge on any atom is -0.357 e. The van der Waals surface area contributed by atoms with Gasteiger partial charge < -0.3 is 10.2 Å². The van der Waals surface area contributed by atoms with Crippen molar-refractivity contribution in [2.75, 3.05) is 39.3 Å². The number of hydrogen-bond donors (Lipinski definition) is 2. The van der Waals surface area contributed by atoms with Gasteiger partial charge in [0, 0.05) is 31.6 Å². The van der Waals surface area contributed by atoms with E-state index in [1.54, 1.807) is 6.33 Å². The molecule has 0 aliphatic carbocycles. The van der Waals surface area contributed by atoms with Crippen molar-refractivity contribution in [3.05, 3.63) is 12.2 Å². The van der Waals surface area contributed by atoms with Crippen LogP contribution in [0.1, 0.15) is 57.7 Å². The summed E-state index contributed by atoms with van der Waals surface area (Å²) in [5, 5.41) is 10.5. The van der Waals surface area contributed by atoms with E-state index in [9.17, 15) is 0 Å². The lowest BCUT2D eigenvalue weighted by Crippen LogP contribution is -2.47. The maximum Gasteiger partial charge on any atom is 0.193 e. The number of guanidine groups is 1. The van der Waals surface area contributed by atoms with Crippen molar-refractivity contribution < 1.29 is 0 Å². The highest BCUT2D eigenvalue weighted by Crippen LogP contribution is 2.25. The highest BCUT2D eigenvalue weighted by molar-refractivity contribution is 5.80. The van der Waals surface area contributed by atoms with Crippen molar-refractivity contribution in [2.45, 2.75) is 57.9 Å². The first-order chi connectivity index (χ1) is 12.3. The maximum atomic E-state index is 5.00. The van der Waals surface area contributed by atoms with Crippen molar-refractivity contribution in [1.82, 2.24) is 30.3 Å². The monoisotopic (exact) mass is 347 g/mol. The van der Waals surface area contributed by atoms with E-state index in [1.165, 1.54) is 25.8 Å². The van der Waals surface area contributed by atoms with Gasteiger partial charge in [-0.05, 0) is 45.7 Å². The fourth-order valence-corrected chi connectivity index (χ4v) is 4.08. The quantitative estimate of drug-likeness (QED) is 0.628. The lowest BCUT2D eigenvalue weighted by atomic mass is 9.96. The molecule has 3 heterocycles. The number of piperidine rings is 2. The summed E-state index contributed by atoms with van der Waals surface area (Å²) in [6.07, 6.45) is 7.77. The summed E-state index contributed by atoms with van der Waals surface area (Å²) in [4.78, 5) is 14.3. The molecule has 0 bridgehead atoms. The van der Waals surface area contributed by atoms with Gasteiger partial charge in [0.15, 0.2) is 5.96 Å². The largest absolute Gasteiger partial charge is 0.357 e. The summed E-state index contributed by atoms with van der Waals surface area (Å²) in [6, 6.07) is 0.610. The van der Waals surface area contributed by atoms with Crippen molar-refractivity contribution in [3.8, 4) is 0 Å². The van der Waals surface area contributed by atoms with Gasteiger partial charge in [0.05, 0.1) is 6.54 Å². The molecule has 25 heavy (non-hydrogen) atoms. The third-order valence-electron chi connectivity index (χ3n) is 5.56. The average Bonchev–Trinajstić information content (AvgIpc) is 3.20. The topological polar surface area (TPSA) is 72.4 Å². The van der Waals surface area contributed by atoms with Gasteiger partial charge in [0.1, 0.15) is 12.2 Å². The molecule has 0 saturated carbocycles. The molecule has 7 heteroatoms. The van der Waals surface area contributed by atoms with E-state index in [2.05, 4.69) is 44.1 Å². The number of nitrogens with zero attached hydrogens (tertiary/aromatic N) is 5. The summed E-state index contributed by atoms with van der Waals surface area (Å²) >= 11 is 0. The van der Waals surface area contributed by atoms with Crippen LogP contribution < -0.4 is 5.32 Å². The van der Waals surface area contributed by atoms with Crippen LogP contribution in [0.3, 0.4) is 0 Å². The number of aromatic amines is 1. The zero-order valence-electron chi connectivity index (χ0n) is 15.7. The van der Waals surface area contributed by atoms with Crippen LogP contribution in [0.25, 0.3) is 0 Å². The fraction of sp³-hybridized carbons (Fsp3) is 0.833. The molecule has 140 valence electrons. The molecule has 0 amide bonds. The number of likely N-dealkylation sites (tertiary alicyclic amines) is 2. The van der Waals surface area contributed by atoms with Crippen LogP contribution in [-0.4, -0.2) is 76.3 Å². The van der Waals surface area contributed by atoms with E-state index in [4.69, 9.17) is 4.99 Å². The number of aromatic nitrogens is 3. The molecule has 0 radical (unpaired) electrons. The highest BCUT2D eigenvalue weighted by Gasteiger charge is 2.25. The average molecular weight is 348 g/mol. The van der Waals surface area contributed by atoms with Gasteiger partial charge in [-0.3, -0.25) is 15.0 Å². The molecule has 1 unspecified atom stereocenters. The third-order valence-corrected chi connectivity index (χ3v) is 5.56. The lowest BCUT2D eigenvalue weighted by Gasteiger charge is -2.36. The van der Waals surface area contributed by atoms with E-state index in [0.29, 0.717) is 12.0 Å². The number of rotatable bonds is 5. The summed E-state index contributed by atoms with van der Waals surface area (Å²) < 4.78 is 0. The number of likely N-dealkylation sites (N-methyl/N-ethyl adjacent to an activating group) is 1. The molecular formula is C18H33N7. The van der Waals surface area contributed by atoms with Crippen molar-refractivity contribution in [2.24, 2.45) is 4.99 Å². The van der Waals surface area contributed by atoms with Gasteiger partial charge >= 0.3 is 0 Å². The molecule has 1 aromatic heterocycles. The van der Waals surface area contributed by atoms with E-state index < -0.39 is 0 Å². The van der Waals surface area contributed by atoms with Crippen LogP contribution in [0.5, 0.6) is 0 Å². The molecule has 2 fully saturated rings. The summed E-state index contributed by atoms with van der Waals surface area (Å²) in [5.41, 5.74) is 0. The van der Waals surface area contributed by atoms with Crippen molar-refractivity contribution in [3.63, 3.8) is 0 Å². The smallest absolute Gasteiger partial charge is 0.193 e. The molecule has 3 rings (SSSR count). The molecular weight excluding hydrogens is 314 g/mol. The Labute approximate surface area is 151 Å². The van der Waals surface area contributed by atoms with Crippen LogP contribution >= 0.6 is 0 Å². The van der Waals surface area contributed by atoms with Crippen LogP contribution in [0.15, 0.2) is 11.3 Å². The SMILES string of the molecule is CCNC(=NCC1CCCCN1CC)N1CCC(c2ncn[nH]2)CC1. The maximum absolute atomic E-state index is 5.00. The van der Waals surface area contributed by atoms with Crippen molar-refractivity contribution >= 4 is 5.96 Å². The van der Waals surface area contributed by atoms with Crippen molar-refractivity contribution in [1.29, 1.82) is 0 Å². The standard InChI is InChI=1S/C18H33N7/c1-3-19-18(20-13-16-7-5-6-10-24(16)4-2)25-11-8-15(9-12-25)17-21-14-22-23-17/h14-16H,3-13H2,1-2H3,(H,19,20)(H,21,22,23). The summed E-state index contributed by atoms with van der Waals surface area (Å²) in [7, 11) is 0. The Morgan fingerprint density at radius 1 is 1.24 bits per heavy atom. The second-order valence-electron chi connectivity index (χ2n) is 7.10. The van der Waals surface area contributed by atoms with E-state index in [-0.39, 0.29) is 0 Å². The van der Waals surface area contributed by atoms with Gasteiger partial charge in [-0.15, -0.1) is 0 Å². The van der Waals surface area contributed by atoms with E-state index in [0.717, 1.165) is 57.3 Å². The molecule has 0 spiro atoms. The van der Waals surface area contributed by atoms with Gasteiger partial charge in [-0.25, -0.2) is 4.98 Å². The molecule has 2 N–H and O–H groups in total. The summed E-state index contributed by atoms with van der Waals surface area (Å²) in [6.45, 7) is 10.7. The number of H-pyrrole nitrogens is 1. The van der Waals surface area contributed by atoms with Crippen LogP contribution in [-0.2, 0) is 0 Å². The normalized spacial score (nSPS) is 23.8. The lowest BCUT2D eigenvalue weighted by molar-refractivity contribution is 0.161. The third kappa shape index (κ3) is 4.71. The molecule has 1 aromatic rings. The second-order valence-corrected chi connectivity index (χ2v) is 7.10. The Kier molecular flexibility index (Phi) is 6.67. The first-order valence-electron chi connectivity index (χ1n) is 9.94. The molecule has 1 atom stereocenters. The van der Waals surface area contributed by atoms with Gasteiger partial charge in [-0.2, -0.15) is 5.10 Å². The Balaban J connectivity index is 1.57. The zero-order valence-corrected chi connectivity index (χ0v) is 15.7. The molecule has 7 nitrogen and oxygen atoms in total. The molecule has 2 aliphatic rings. The van der Waals surface area contributed by atoms with Crippen LogP contribution in [0.2, 0.25) is 0 Å². The van der Waals surface area contributed by atoms with Gasteiger partial charge in [0.25, 0.3) is 0 Å². The van der Waals surface area contributed by atoms with Gasteiger partial charge in [-0.1, -0.05) is 13.3 Å². The molecule has 2 aliphatic heterocycles. The second kappa shape index (κ2) is 9.17. The zero-order chi connectivity index (χ0) is 17.5. The first-order valence-corrected chi connectivity index (χ1v) is 9.94. The Hall–Kier alpha value is -1.63. The van der Waals surface area contributed by atoms with E-state index in [1.807, 2.05) is 0 Å². The highest BCUT2D eigenvalue weighted by atomic mass is 15.3. The number of aliphatic imine (C=N–C) groups is 1. The van der Waals surface area contributed by atoms with E-state index >= 15 is 0 Å². The molecule has 0 aromatic carbocycles. The Bertz CT molecular complexity index is 520. The van der Waals surface area contributed by atoms with Gasteiger partial charge in [0.2, 0.25) is 0 Å². The van der Waals surface area contributed by atoms with Crippen LogP contribution in [0.4, 0.5) is 0 Å². The fourth-order valence-electron chi connectivity index (χ4n) is 4.08. The number of hydrogen-bond acceptors (Lipinski definition) is 4.